The fourth-order valence-electron chi connectivity index (χ4n) is 4.05. The second-order valence-electron chi connectivity index (χ2n) is 8.21. The highest BCUT2D eigenvalue weighted by atomic mass is 16.5. The van der Waals surface area contributed by atoms with Crippen LogP contribution in [0.25, 0.3) is 0 Å². The van der Waals surface area contributed by atoms with Crippen LogP contribution in [0.4, 0.5) is 0 Å². The van der Waals surface area contributed by atoms with Gasteiger partial charge in [0.05, 0.1) is 19.8 Å². The van der Waals surface area contributed by atoms with Gasteiger partial charge in [-0.15, -0.1) is 0 Å². The van der Waals surface area contributed by atoms with Gasteiger partial charge in [-0.2, -0.15) is 0 Å². The largest absolute Gasteiger partial charge is 0.508 e. The van der Waals surface area contributed by atoms with Gasteiger partial charge in [0, 0.05) is 22.8 Å². The lowest BCUT2D eigenvalue weighted by molar-refractivity contribution is -0.0865. The van der Waals surface area contributed by atoms with E-state index < -0.39 is 17.3 Å². The van der Waals surface area contributed by atoms with E-state index in [0.29, 0.717) is 47.0 Å². The van der Waals surface area contributed by atoms with Crippen molar-refractivity contribution in [2.75, 3.05) is 20.8 Å². The van der Waals surface area contributed by atoms with Gasteiger partial charge in [-0.3, -0.25) is 0 Å². The normalized spacial score (nSPS) is 22.1. The minimum atomic E-state index is -1.41. The van der Waals surface area contributed by atoms with Crippen LogP contribution in [-0.4, -0.2) is 41.7 Å². The molecule has 3 N–H and O–H groups in total. The molecular formula is C22H26O7. The van der Waals surface area contributed by atoms with Crippen LogP contribution in [0, 0.1) is 0 Å². The van der Waals surface area contributed by atoms with E-state index in [1.54, 1.807) is 33.1 Å². The van der Waals surface area contributed by atoms with Crippen LogP contribution in [0.3, 0.4) is 0 Å². The van der Waals surface area contributed by atoms with Crippen molar-refractivity contribution in [3.05, 3.63) is 41.0 Å². The number of fused-ring (bicyclic) bond motifs is 5. The number of phenols is 1. The average Bonchev–Trinajstić information content (AvgIpc) is 2.97. The zero-order valence-corrected chi connectivity index (χ0v) is 17.0. The second-order valence-corrected chi connectivity index (χ2v) is 8.21. The van der Waals surface area contributed by atoms with Crippen molar-refractivity contribution in [2.45, 2.75) is 44.0 Å². The third kappa shape index (κ3) is 3.14. The topological polar surface area (TPSA) is 97.6 Å². The zero-order chi connectivity index (χ0) is 21.0. The molecule has 0 aliphatic carbocycles. The summed E-state index contributed by atoms with van der Waals surface area (Å²) in [6.45, 7) is 3.46. The maximum atomic E-state index is 11.6. The van der Waals surface area contributed by atoms with Gasteiger partial charge in [0.25, 0.3) is 0 Å². The molecule has 0 radical (unpaired) electrons. The van der Waals surface area contributed by atoms with E-state index in [-0.39, 0.29) is 12.4 Å². The van der Waals surface area contributed by atoms with Crippen molar-refractivity contribution in [2.24, 2.45) is 0 Å². The van der Waals surface area contributed by atoms with E-state index in [2.05, 4.69) is 0 Å². The number of hydrogen-bond acceptors (Lipinski definition) is 7. The second kappa shape index (κ2) is 6.71. The molecule has 2 heterocycles. The number of phenolic OH excluding ortho intramolecular Hbond substituents is 1. The number of ether oxygens (including phenoxy) is 4. The monoisotopic (exact) mass is 402 g/mol. The summed E-state index contributed by atoms with van der Waals surface area (Å²) in [5, 5.41) is 31.5. The summed E-state index contributed by atoms with van der Waals surface area (Å²) in [7, 11) is 3.09. The minimum absolute atomic E-state index is 0.0263. The van der Waals surface area contributed by atoms with E-state index in [9.17, 15) is 15.3 Å². The molecule has 29 heavy (non-hydrogen) atoms. The number of aliphatic hydroxyl groups is 2. The van der Waals surface area contributed by atoms with Gasteiger partial charge >= 0.3 is 0 Å². The Morgan fingerprint density at radius 1 is 1.21 bits per heavy atom. The molecule has 2 aromatic rings. The smallest absolute Gasteiger partial charge is 0.168 e. The van der Waals surface area contributed by atoms with Gasteiger partial charge < -0.3 is 34.3 Å². The van der Waals surface area contributed by atoms with E-state index in [4.69, 9.17) is 18.9 Å². The molecule has 0 bridgehead atoms. The SMILES string of the molecule is COc1cc2c(c(CCC(C)(C)O)c1OC)O[C@H]1c3ccc(O)cc3OC[C@@]21O. The Kier molecular flexibility index (Phi) is 4.55. The Bertz CT molecular complexity index is 947. The zero-order valence-electron chi connectivity index (χ0n) is 17.0. The van der Waals surface area contributed by atoms with Crippen molar-refractivity contribution in [1.29, 1.82) is 0 Å². The minimum Gasteiger partial charge on any atom is -0.508 e. The summed E-state index contributed by atoms with van der Waals surface area (Å²) in [4.78, 5) is 0. The van der Waals surface area contributed by atoms with Crippen LogP contribution in [0.1, 0.15) is 43.1 Å². The van der Waals surface area contributed by atoms with Crippen LogP contribution in [0.2, 0.25) is 0 Å². The highest BCUT2D eigenvalue weighted by molar-refractivity contribution is 5.63. The van der Waals surface area contributed by atoms with Crippen LogP contribution in [0.5, 0.6) is 28.7 Å². The Labute approximate surface area is 169 Å². The molecule has 2 aliphatic rings. The Morgan fingerprint density at radius 2 is 1.97 bits per heavy atom. The first kappa shape index (κ1) is 19.7. The average molecular weight is 402 g/mol. The van der Waals surface area contributed by atoms with Crippen molar-refractivity contribution in [1.82, 2.24) is 0 Å². The van der Waals surface area contributed by atoms with Gasteiger partial charge in [-0.1, -0.05) is 0 Å². The Hall–Kier alpha value is -2.64. The van der Waals surface area contributed by atoms with E-state index in [1.165, 1.54) is 19.2 Å². The van der Waals surface area contributed by atoms with E-state index in [1.807, 2.05) is 0 Å². The lowest BCUT2D eigenvalue weighted by atomic mass is 9.83. The number of aromatic hydroxyl groups is 1. The van der Waals surface area contributed by atoms with Crippen LogP contribution in [0.15, 0.2) is 24.3 Å². The lowest BCUT2D eigenvalue weighted by Crippen LogP contribution is -2.41. The molecule has 2 aliphatic heterocycles. The lowest BCUT2D eigenvalue weighted by Gasteiger charge is -2.34. The van der Waals surface area contributed by atoms with Crippen LogP contribution < -0.4 is 18.9 Å². The predicted octanol–water partition coefficient (Wildman–Crippen LogP) is 2.83. The number of benzene rings is 2. The molecule has 0 spiro atoms. The first-order valence-electron chi connectivity index (χ1n) is 9.53. The molecule has 0 aromatic heterocycles. The van der Waals surface area contributed by atoms with Gasteiger partial charge in [-0.05, 0) is 44.9 Å². The molecule has 156 valence electrons. The molecular weight excluding hydrogens is 376 g/mol. The maximum absolute atomic E-state index is 11.6. The molecule has 0 saturated heterocycles. The van der Waals surface area contributed by atoms with Crippen LogP contribution >= 0.6 is 0 Å². The molecule has 0 unspecified atom stereocenters. The number of hydrogen-bond donors (Lipinski definition) is 3. The maximum Gasteiger partial charge on any atom is 0.168 e. The Morgan fingerprint density at radius 3 is 2.62 bits per heavy atom. The standard InChI is InChI=1S/C22H26O7/c1-21(2,24)8-7-14-18-15(10-17(26-3)19(14)27-4)22(25)11-28-16-9-12(23)5-6-13(16)20(22)29-18/h5-6,9-10,20,23-25H,7-8,11H2,1-4H3/t20-,22+/m0/s1. The van der Waals surface area contributed by atoms with Crippen LogP contribution in [-0.2, 0) is 12.0 Å². The quantitative estimate of drug-likeness (QED) is 0.707. The van der Waals surface area contributed by atoms with Crippen molar-refractivity contribution >= 4 is 0 Å². The molecule has 7 nitrogen and oxygen atoms in total. The molecule has 2 aromatic carbocycles. The van der Waals surface area contributed by atoms with E-state index in [0.717, 1.165) is 5.56 Å². The summed E-state index contributed by atoms with van der Waals surface area (Å²) in [6.07, 6.45) is 0.244. The summed E-state index contributed by atoms with van der Waals surface area (Å²) in [6, 6.07) is 6.46. The van der Waals surface area contributed by atoms with Crippen molar-refractivity contribution in [3.63, 3.8) is 0 Å². The van der Waals surface area contributed by atoms with Gasteiger partial charge in [-0.25, -0.2) is 0 Å². The van der Waals surface area contributed by atoms with Crippen molar-refractivity contribution in [3.8, 4) is 28.7 Å². The van der Waals surface area contributed by atoms with Gasteiger partial charge in [0.15, 0.2) is 23.2 Å². The molecule has 0 fully saturated rings. The number of methoxy groups -OCH3 is 2. The highest BCUT2D eigenvalue weighted by Crippen LogP contribution is 2.58. The first-order chi connectivity index (χ1) is 13.7. The number of rotatable bonds is 5. The van der Waals surface area contributed by atoms with Gasteiger partial charge in [0.2, 0.25) is 0 Å². The summed E-state index contributed by atoms with van der Waals surface area (Å²) in [5.41, 5.74) is -0.352. The third-order valence-electron chi connectivity index (χ3n) is 5.57. The first-order valence-corrected chi connectivity index (χ1v) is 9.53. The van der Waals surface area contributed by atoms with Crippen molar-refractivity contribution < 1.29 is 34.3 Å². The summed E-state index contributed by atoms with van der Waals surface area (Å²) in [5.74, 6) is 2.07. The molecule has 7 heteroatoms. The summed E-state index contributed by atoms with van der Waals surface area (Å²) < 4.78 is 23.2. The third-order valence-corrected chi connectivity index (χ3v) is 5.57. The molecule has 4 rings (SSSR count). The highest BCUT2D eigenvalue weighted by Gasteiger charge is 2.54. The molecule has 0 amide bonds. The van der Waals surface area contributed by atoms with E-state index >= 15 is 0 Å². The van der Waals surface area contributed by atoms with Gasteiger partial charge in [0.1, 0.15) is 23.9 Å². The molecule has 0 saturated carbocycles. The summed E-state index contributed by atoms with van der Waals surface area (Å²) >= 11 is 0. The fraction of sp³-hybridized carbons (Fsp3) is 0.455. The molecule has 2 atom stereocenters. The predicted molar refractivity (Wildman–Crippen MR) is 105 cm³/mol. The fourth-order valence-corrected chi connectivity index (χ4v) is 4.05. The Balaban J connectivity index is 1.86.